The molecule has 4 aliphatic rings. The van der Waals surface area contributed by atoms with Crippen molar-refractivity contribution in [2.45, 2.75) is 192 Å². The zero-order valence-electron chi connectivity index (χ0n) is 30.9. The van der Waals surface area contributed by atoms with E-state index in [1.807, 2.05) is 0 Å². The highest BCUT2D eigenvalue weighted by Gasteiger charge is 2.43. The summed E-state index contributed by atoms with van der Waals surface area (Å²) in [6.07, 6.45) is 16.0. The molecule has 0 aromatic carbocycles. The predicted octanol–water partition coefficient (Wildman–Crippen LogP) is 5.98. The minimum atomic E-state index is 0.168. The van der Waals surface area contributed by atoms with Gasteiger partial charge < -0.3 is 20.3 Å². The second kappa shape index (κ2) is 15.3. The standard InChI is InChI=1S/C37H74N6O/c1-29-23-30(42-19-21-44-22-20-42)24-33(38-29)43(32-27-36(6,7)40-37(8,9)28-32)18-16-14-12-11-13-15-17-41(10)31-25-34(2,3)39-35(4,5)26-31/h29-33,38-40H,11-28H2,1-10H3. The first kappa shape index (κ1) is 36.6. The Kier molecular flexibility index (Phi) is 12.7. The van der Waals surface area contributed by atoms with E-state index in [1.165, 1.54) is 90.1 Å². The lowest BCUT2D eigenvalue weighted by Gasteiger charge is -2.53. The first-order valence-electron chi connectivity index (χ1n) is 18.7. The first-order valence-corrected chi connectivity index (χ1v) is 18.7. The molecule has 4 rings (SSSR count). The quantitative estimate of drug-likeness (QED) is 0.220. The van der Waals surface area contributed by atoms with Crippen LogP contribution < -0.4 is 16.0 Å². The summed E-state index contributed by atoms with van der Waals surface area (Å²) >= 11 is 0. The molecule has 0 aromatic heterocycles. The summed E-state index contributed by atoms with van der Waals surface area (Å²) in [7, 11) is 2.36. The third kappa shape index (κ3) is 11.2. The number of nitrogens with zero attached hydrogens (tertiary/aromatic N) is 3. The largest absolute Gasteiger partial charge is 0.379 e. The number of morpholine rings is 1. The number of ether oxygens (including phenoxy) is 1. The Morgan fingerprint density at radius 1 is 0.659 bits per heavy atom. The molecule has 4 heterocycles. The predicted molar refractivity (Wildman–Crippen MR) is 187 cm³/mol. The Morgan fingerprint density at radius 2 is 1.14 bits per heavy atom. The van der Waals surface area contributed by atoms with Crippen molar-refractivity contribution < 1.29 is 4.74 Å². The zero-order valence-corrected chi connectivity index (χ0v) is 30.9. The lowest BCUT2D eigenvalue weighted by molar-refractivity contribution is -0.0310. The third-order valence-corrected chi connectivity index (χ3v) is 11.2. The molecule has 7 nitrogen and oxygen atoms in total. The van der Waals surface area contributed by atoms with E-state index in [1.54, 1.807) is 0 Å². The van der Waals surface area contributed by atoms with Gasteiger partial charge in [-0.1, -0.05) is 25.7 Å². The molecule has 3 atom stereocenters. The number of nitrogens with one attached hydrogen (secondary N) is 3. The van der Waals surface area contributed by atoms with E-state index < -0.39 is 0 Å². The van der Waals surface area contributed by atoms with Crippen molar-refractivity contribution in [2.24, 2.45) is 0 Å². The van der Waals surface area contributed by atoms with Crippen LogP contribution in [0.15, 0.2) is 0 Å². The molecule has 0 saturated carbocycles. The topological polar surface area (TPSA) is 55.0 Å². The molecule has 4 aliphatic heterocycles. The van der Waals surface area contributed by atoms with Crippen molar-refractivity contribution in [2.75, 3.05) is 46.4 Å². The van der Waals surface area contributed by atoms with E-state index in [0.29, 0.717) is 30.3 Å². The van der Waals surface area contributed by atoms with Crippen molar-refractivity contribution in [3.8, 4) is 0 Å². The Balaban J connectivity index is 1.25. The summed E-state index contributed by atoms with van der Waals surface area (Å²) in [5.74, 6) is 0. The van der Waals surface area contributed by atoms with E-state index in [4.69, 9.17) is 4.74 Å². The lowest BCUT2D eigenvalue weighted by atomic mass is 9.78. The van der Waals surface area contributed by atoms with Gasteiger partial charge in [0.05, 0.1) is 19.4 Å². The van der Waals surface area contributed by atoms with Crippen LogP contribution in [0.1, 0.15) is 139 Å². The minimum Gasteiger partial charge on any atom is -0.379 e. The van der Waals surface area contributed by atoms with Crippen LogP contribution in [-0.2, 0) is 4.74 Å². The van der Waals surface area contributed by atoms with Crippen LogP contribution in [0.4, 0.5) is 0 Å². The minimum absolute atomic E-state index is 0.168. The highest BCUT2D eigenvalue weighted by molar-refractivity contribution is 5.03. The van der Waals surface area contributed by atoms with Crippen LogP contribution in [0.3, 0.4) is 0 Å². The average Bonchev–Trinajstić information content (AvgIpc) is 2.88. The van der Waals surface area contributed by atoms with Gasteiger partial charge in [0.15, 0.2) is 0 Å². The maximum absolute atomic E-state index is 5.71. The fraction of sp³-hybridized carbons (Fsp3) is 1.00. The molecule has 0 radical (unpaired) electrons. The van der Waals surface area contributed by atoms with Crippen molar-refractivity contribution in [3.05, 3.63) is 0 Å². The van der Waals surface area contributed by atoms with Crippen molar-refractivity contribution in [1.29, 1.82) is 0 Å². The molecule has 0 amide bonds. The molecule has 3 N–H and O–H groups in total. The molecule has 258 valence electrons. The molecule has 0 bridgehead atoms. The fourth-order valence-electron chi connectivity index (χ4n) is 9.92. The molecule has 0 spiro atoms. The van der Waals surface area contributed by atoms with Crippen LogP contribution in [0, 0.1) is 0 Å². The molecule has 44 heavy (non-hydrogen) atoms. The van der Waals surface area contributed by atoms with Gasteiger partial charge in [0, 0.05) is 59.4 Å². The van der Waals surface area contributed by atoms with Gasteiger partial charge in [-0.2, -0.15) is 0 Å². The Morgan fingerprint density at radius 3 is 1.68 bits per heavy atom. The normalized spacial score (nSPS) is 31.5. The summed E-state index contributed by atoms with van der Waals surface area (Å²) in [4.78, 5) is 8.32. The Labute approximate surface area is 273 Å². The second-order valence-electron chi connectivity index (χ2n) is 18.1. The first-order chi connectivity index (χ1) is 20.5. The van der Waals surface area contributed by atoms with Gasteiger partial charge in [0.2, 0.25) is 0 Å². The van der Waals surface area contributed by atoms with E-state index >= 15 is 0 Å². The summed E-state index contributed by atoms with van der Waals surface area (Å²) in [5, 5.41) is 11.9. The average molecular weight is 619 g/mol. The van der Waals surface area contributed by atoms with Gasteiger partial charge in [-0.3, -0.25) is 15.1 Å². The molecule has 3 unspecified atom stereocenters. The Hall–Kier alpha value is -0.280. The molecule has 0 aliphatic carbocycles. The number of hydrogen-bond acceptors (Lipinski definition) is 7. The van der Waals surface area contributed by atoms with E-state index in [-0.39, 0.29) is 22.2 Å². The second-order valence-corrected chi connectivity index (χ2v) is 18.1. The number of hydrogen-bond donors (Lipinski definition) is 3. The fourth-order valence-corrected chi connectivity index (χ4v) is 9.92. The summed E-state index contributed by atoms with van der Waals surface area (Å²) in [6.45, 7) is 28.0. The monoisotopic (exact) mass is 619 g/mol. The summed E-state index contributed by atoms with van der Waals surface area (Å²) in [6, 6.07) is 2.54. The molecule has 4 fully saturated rings. The summed E-state index contributed by atoms with van der Waals surface area (Å²) in [5.41, 5.74) is 0.786. The number of unbranched alkanes of at least 4 members (excludes halogenated alkanes) is 5. The molecular formula is C37H74N6O. The van der Waals surface area contributed by atoms with Gasteiger partial charge in [-0.15, -0.1) is 0 Å². The van der Waals surface area contributed by atoms with Crippen molar-refractivity contribution in [1.82, 2.24) is 30.7 Å². The zero-order chi connectivity index (χ0) is 32.2. The smallest absolute Gasteiger partial charge is 0.0616 e. The van der Waals surface area contributed by atoms with Crippen molar-refractivity contribution in [3.63, 3.8) is 0 Å². The third-order valence-electron chi connectivity index (χ3n) is 11.2. The molecular weight excluding hydrogens is 544 g/mol. The van der Waals surface area contributed by atoms with E-state index in [9.17, 15) is 0 Å². The van der Waals surface area contributed by atoms with Gasteiger partial charge >= 0.3 is 0 Å². The van der Waals surface area contributed by atoms with Gasteiger partial charge in [0.25, 0.3) is 0 Å². The summed E-state index contributed by atoms with van der Waals surface area (Å²) < 4.78 is 5.71. The van der Waals surface area contributed by atoms with Crippen molar-refractivity contribution >= 4 is 0 Å². The SMILES string of the molecule is CC1CC(N2CCOCC2)CC(N(CCCCCCCCN(C)C2CC(C)(C)NC(C)(C)C2)C2CC(C)(C)NC(C)(C)C2)N1. The van der Waals surface area contributed by atoms with Crippen LogP contribution >= 0.6 is 0 Å². The van der Waals surface area contributed by atoms with Crippen LogP contribution in [0.5, 0.6) is 0 Å². The van der Waals surface area contributed by atoms with Gasteiger partial charge in [-0.25, -0.2) is 0 Å². The van der Waals surface area contributed by atoms with E-state index in [0.717, 1.165) is 26.3 Å². The highest BCUT2D eigenvalue weighted by atomic mass is 16.5. The lowest BCUT2D eigenvalue weighted by Crippen LogP contribution is -2.66. The van der Waals surface area contributed by atoms with E-state index in [2.05, 4.69) is 100 Å². The number of rotatable bonds is 13. The maximum Gasteiger partial charge on any atom is 0.0616 e. The highest BCUT2D eigenvalue weighted by Crippen LogP contribution is 2.35. The molecule has 0 aromatic rings. The number of piperidine rings is 3. The molecule has 4 saturated heterocycles. The van der Waals surface area contributed by atoms with Crippen LogP contribution in [0.2, 0.25) is 0 Å². The van der Waals surface area contributed by atoms with Crippen LogP contribution in [0.25, 0.3) is 0 Å². The Bertz CT molecular complexity index is 836. The van der Waals surface area contributed by atoms with Gasteiger partial charge in [0.1, 0.15) is 0 Å². The van der Waals surface area contributed by atoms with Gasteiger partial charge in [-0.05, 0) is 134 Å². The van der Waals surface area contributed by atoms with Crippen LogP contribution in [-0.4, -0.2) is 114 Å². The maximum atomic E-state index is 5.71. The molecule has 7 heteroatoms.